The third-order valence-corrected chi connectivity index (χ3v) is 6.41. The Labute approximate surface area is 215 Å². The minimum atomic E-state index is -0.440. The average molecular weight is 532 g/mol. The lowest BCUT2D eigenvalue weighted by Crippen LogP contribution is -2.10. The van der Waals surface area contributed by atoms with Crippen molar-refractivity contribution in [1.82, 2.24) is 15.0 Å². The van der Waals surface area contributed by atoms with Crippen molar-refractivity contribution in [1.29, 1.82) is 0 Å². The maximum Gasteiger partial charge on any atom is 0.344 e. The molecule has 0 fully saturated rings. The number of aromatic nitrogens is 3. The quantitative estimate of drug-likeness (QED) is 0.174. The van der Waals surface area contributed by atoms with Gasteiger partial charge in [0.05, 0.1) is 39.7 Å². The van der Waals surface area contributed by atoms with Crippen molar-refractivity contribution >= 4 is 43.8 Å². The number of carbonyl (C=O) groups is 1. The summed E-state index contributed by atoms with van der Waals surface area (Å²) >= 11 is 3.46. The molecule has 0 bridgehead atoms. The van der Waals surface area contributed by atoms with Gasteiger partial charge < -0.3 is 4.74 Å². The highest BCUT2D eigenvalue weighted by Crippen LogP contribution is 2.28. The average Bonchev–Trinajstić information content (AvgIpc) is 2.93. The molecule has 0 aliphatic rings. The van der Waals surface area contributed by atoms with Crippen molar-refractivity contribution < 1.29 is 9.53 Å². The van der Waals surface area contributed by atoms with E-state index in [1.165, 1.54) is 0 Å². The van der Waals surface area contributed by atoms with Crippen molar-refractivity contribution in [3.05, 3.63) is 119 Å². The Morgan fingerprint density at radius 3 is 2.06 bits per heavy atom. The van der Waals surface area contributed by atoms with Crippen LogP contribution < -0.4 is 4.74 Å². The van der Waals surface area contributed by atoms with Crippen LogP contribution in [-0.4, -0.2) is 20.9 Å². The normalized spacial score (nSPS) is 11.0. The second-order valence-corrected chi connectivity index (χ2v) is 9.15. The zero-order valence-electron chi connectivity index (χ0n) is 18.9. The predicted octanol–water partition coefficient (Wildman–Crippen LogP) is 7.49. The first kappa shape index (κ1) is 22.1. The van der Waals surface area contributed by atoms with Crippen LogP contribution in [0.3, 0.4) is 0 Å². The van der Waals surface area contributed by atoms with Crippen molar-refractivity contribution in [3.8, 4) is 28.3 Å². The van der Waals surface area contributed by atoms with Crippen LogP contribution in [0.4, 0.5) is 0 Å². The van der Waals surface area contributed by atoms with Crippen LogP contribution in [0, 0.1) is 0 Å². The highest BCUT2D eigenvalue weighted by Gasteiger charge is 2.16. The Morgan fingerprint density at radius 2 is 1.28 bits per heavy atom. The number of ether oxygens (including phenoxy) is 1. The van der Waals surface area contributed by atoms with Crippen LogP contribution >= 0.6 is 15.9 Å². The van der Waals surface area contributed by atoms with Crippen molar-refractivity contribution in [2.75, 3.05) is 0 Å². The molecule has 36 heavy (non-hydrogen) atoms. The van der Waals surface area contributed by atoms with Crippen LogP contribution in [0.15, 0.2) is 114 Å². The molecule has 4 aromatic carbocycles. The number of hydrogen-bond donors (Lipinski definition) is 0. The standard InChI is InChI=1S/C30H18BrN3O2/c31-21-13-9-19(10-14-21)28-17-24(23-5-1-2-6-25(23)33-28)30(35)36-22-15-11-20(12-16-22)29-18-32-26-7-3-4-8-27(26)34-29/h1-18H. The molecule has 0 unspecified atom stereocenters. The number of nitrogens with zero attached hydrogens (tertiary/aromatic N) is 3. The van der Waals surface area contributed by atoms with Crippen molar-refractivity contribution in [2.45, 2.75) is 0 Å². The number of pyridine rings is 1. The molecule has 6 aromatic rings. The molecule has 0 saturated heterocycles. The highest BCUT2D eigenvalue weighted by atomic mass is 79.9. The lowest BCUT2D eigenvalue weighted by Gasteiger charge is -2.10. The molecular formula is C30H18BrN3O2. The molecule has 0 aliphatic carbocycles. The van der Waals surface area contributed by atoms with Crippen LogP contribution in [-0.2, 0) is 0 Å². The monoisotopic (exact) mass is 531 g/mol. The second kappa shape index (κ2) is 9.32. The molecule has 0 N–H and O–H groups in total. The van der Waals surface area contributed by atoms with Crippen molar-refractivity contribution in [2.24, 2.45) is 0 Å². The fourth-order valence-corrected chi connectivity index (χ4v) is 4.33. The minimum Gasteiger partial charge on any atom is -0.423 e. The number of halogens is 1. The van der Waals surface area contributed by atoms with E-state index in [9.17, 15) is 4.79 Å². The molecule has 172 valence electrons. The van der Waals surface area contributed by atoms with Gasteiger partial charge in [-0.05, 0) is 60.7 Å². The fraction of sp³-hybridized carbons (Fsp3) is 0. The third-order valence-electron chi connectivity index (χ3n) is 5.89. The molecule has 6 rings (SSSR count). The largest absolute Gasteiger partial charge is 0.423 e. The van der Waals surface area contributed by atoms with E-state index in [-0.39, 0.29) is 0 Å². The maximum atomic E-state index is 13.3. The Hall–Kier alpha value is -4.42. The van der Waals surface area contributed by atoms with Crippen LogP contribution in [0.2, 0.25) is 0 Å². The second-order valence-electron chi connectivity index (χ2n) is 8.24. The van der Waals surface area contributed by atoms with E-state index in [1.54, 1.807) is 24.4 Å². The SMILES string of the molecule is O=C(Oc1ccc(-c2cnc3ccccc3n2)cc1)c1cc(-c2ccc(Br)cc2)nc2ccccc12. The van der Waals surface area contributed by atoms with Gasteiger partial charge in [-0.1, -0.05) is 58.4 Å². The number of para-hydroxylation sites is 3. The number of hydrogen-bond acceptors (Lipinski definition) is 5. The fourth-order valence-electron chi connectivity index (χ4n) is 4.06. The molecule has 0 spiro atoms. The molecule has 2 heterocycles. The van der Waals surface area contributed by atoms with E-state index in [0.717, 1.165) is 43.2 Å². The zero-order valence-corrected chi connectivity index (χ0v) is 20.5. The molecule has 5 nitrogen and oxygen atoms in total. The van der Waals surface area contributed by atoms with Gasteiger partial charge in [-0.15, -0.1) is 0 Å². The molecule has 6 heteroatoms. The molecule has 0 saturated carbocycles. The predicted molar refractivity (Wildman–Crippen MR) is 145 cm³/mol. The zero-order chi connectivity index (χ0) is 24.5. The Kier molecular flexibility index (Phi) is 5.71. The van der Waals surface area contributed by atoms with E-state index >= 15 is 0 Å². The number of fused-ring (bicyclic) bond motifs is 2. The Balaban J connectivity index is 1.30. The summed E-state index contributed by atoms with van der Waals surface area (Å²) in [7, 11) is 0. The topological polar surface area (TPSA) is 65.0 Å². The summed E-state index contributed by atoms with van der Waals surface area (Å²) in [6, 6.07) is 32.2. The van der Waals surface area contributed by atoms with E-state index < -0.39 is 5.97 Å². The smallest absolute Gasteiger partial charge is 0.344 e. The van der Waals surface area contributed by atoms with Gasteiger partial charge in [0.1, 0.15) is 5.75 Å². The number of rotatable bonds is 4. The number of benzene rings is 4. The molecular weight excluding hydrogens is 514 g/mol. The van der Waals surface area contributed by atoms with Gasteiger partial charge in [-0.3, -0.25) is 4.98 Å². The van der Waals surface area contributed by atoms with Gasteiger partial charge in [0.2, 0.25) is 0 Å². The van der Waals surface area contributed by atoms with E-state index in [2.05, 4.69) is 25.9 Å². The summed E-state index contributed by atoms with van der Waals surface area (Å²) in [5, 5.41) is 0.742. The lowest BCUT2D eigenvalue weighted by atomic mass is 10.0. The summed E-state index contributed by atoms with van der Waals surface area (Å²) in [6.07, 6.45) is 1.75. The first-order chi connectivity index (χ1) is 17.6. The summed E-state index contributed by atoms with van der Waals surface area (Å²) < 4.78 is 6.75. The van der Waals surface area contributed by atoms with Gasteiger partial charge in [-0.25, -0.2) is 14.8 Å². The third kappa shape index (κ3) is 4.34. The maximum absolute atomic E-state index is 13.3. The Morgan fingerprint density at radius 1 is 0.667 bits per heavy atom. The van der Waals surface area contributed by atoms with Crippen LogP contribution in [0.1, 0.15) is 10.4 Å². The van der Waals surface area contributed by atoms with Gasteiger partial charge >= 0.3 is 5.97 Å². The summed E-state index contributed by atoms with van der Waals surface area (Å²) in [5.74, 6) is 0.00814. The summed E-state index contributed by atoms with van der Waals surface area (Å²) in [4.78, 5) is 27.2. The summed E-state index contributed by atoms with van der Waals surface area (Å²) in [6.45, 7) is 0. The van der Waals surface area contributed by atoms with Gasteiger partial charge in [-0.2, -0.15) is 0 Å². The summed E-state index contributed by atoms with van der Waals surface area (Å²) in [5.41, 5.74) is 6.14. The van der Waals surface area contributed by atoms with Crippen molar-refractivity contribution in [3.63, 3.8) is 0 Å². The Bertz CT molecular complexity index is 1730. The number of esters is 1. The lowest BCUT2D eigenvalue weighted by molar-refractivity contribution is 0.0737. The molecule has 0 aliphatic heterocycles. The first-order valence-electron chi connectivity index (χ1n) is 11.3. The molecule has 0 amide bonds. The van der Waals surface area contributed by atoms with E-state index in [1.807, 2.05) is 84.9 Å². The molecule has 2 aromatic heterocycles. The van der Waals surface area contributed by atoms with E-state index in [0.29, 0.717) is 17.0 Å². The van der Waals surface area contributed by atoms with Gasteiger partial charge in [0, 0.05) is 21.0 Å². The van der Waals surface area contributed by atoms with Gasteiger partial charge in [0.15, 0.2) is 0 Å². The highest BCUT2D eigenvalue weighted by molar-refractivity contribution is 9.10. The minimum absolute atomic E-state index is 0.440. The van der Waals surface area contributed by atoms with Crippen LogP contribution in [0.25, 0.3) is 44.5 Å². The first-order valence-corrected chi connectivity index (χ1v) is 12.1. The van der Waals surface area contributed by atoms with Gasteiger partial charge in [0.25, 0.3) is 0 Å². The van der Waals surface area contributed by atoms with Crippen LogP contribution in [0.5, 0.6) is 5.75 Å². The number of carbonyl (C=O) groups excluding carboxylic acids is 1. The molecule has 0 radical (unpaired) electrons. The van der Waals surface area contributed by atoms with E-state index in [4.69, 9.17) is 9.72 Å². The molecule has 0 atom stereocenters.